The van der Waals surface area contributed by atoms with Crippen LogP contribution in [0.25, 0.3) is 0 Å². The Balaban J connectivity index is 2.51. The molecule has 0 heterocycles. The van der Waals surface area contributed by atoms with Crippen LogP contribution in [0.2, 0.25) is 0 Å². The van der Waals surface area contributed by atoms with Crippen molar-refractivity contribution < 1.29 is 13.2 Å². The Hall–Kier alpha value is -1.11. The zero-order chi connectivity index (χ0) is 13.6. The Morgan fingerprint density at radius 3 is 2.61 bits per heavy atom. The molecule has 0 spiro atoms. The molecule has 0 radical (unpaired) electrons. The normalized spacial score (nSPS) is 11.8. The van der Waals surface area contributed by atoms with Crippen molar-refractivity contribution in [3.63, 3.8) is 0 Å². The van der Waals surface area contributed by atoms with E-state index in [1.807, 2.05) is 38.1 Å². The minimum Gasteiger partial charge on any atom is -0.491 e. The number of para-hydroxylation sites is 1. The van der Waals surface area contributed by atoms with Crippen molar-refractivity contribution in [1.29, 1.82) is 0 Å². The van der Waals surface area contributed by atoms with Crippen molar-refractivity contribution in [2.24, 2.45) is 5.14 Å². The van der Waals surface area contributed by atoms with E-state index in [9.17, 15) is 8.42 Å². The highest BCUT2D eigenvalue weighted by Crippen LogP contribution is 2.18. The molecule has 1 aromatic rings. The summed E-state index contributed by atoms with van der Waals surface area (Å²) in [5.74, 6) is 0.746. The first-order valence-corrected chi connectivity index (χ1v) is 7.56. The van der Waals surface area contributed by atoms with Crippen LogP contribution in [0, 0.1) is 0 Å². The monoisotopic (exact) mass is 272 g/mol. The zero-order valence-corrected chi connectivity index (χ0v) is 11.5. The Bertz CT molecular complexity index is 472. The lowest BCUT2D eigenvalue weighted by atomic mass is 10.2. The van der Waals surface area contributed by atoms with Gasteiger partial charge in [0.1, 0.15) is 5.75 Å². The summed E-state index contributed by atoms with van der Waals surface area (Å²) in [6.07, 6.45) is 0.107. The summed E-state index contributed by atoms with van der Waals surface area (Å²) in [6, 6.07) is 7.67. The second-order valence-electron chi connectivity index (χ2n) is 4.32. The van der Waals surface area contributed by atoms with Crippen LogP contribution < -0.4 is 15.2 Å². The Morgan fingerprint density at radius 2 is 2.00 bits per heavy atom. The van der Waals surface area contributed by atoms with E-state index in [1.54, 1.807) is 0 Å². The van der Waals surface area contributed by atoms with E-state index in [0.29, 0.717) is 13.1 Å². The fourth-order valence-corrected chi connectivity index (χ4v) is 1.89. The first kappa shape index (κ1) is 14.9. The molecule has 0 aliphatic rings. The average Bonchev–Trinajstić information content (AvgIpc) is 2.24. The van der Waals surface area contributed by atoms with E-state index < -0.39 is 10.0 Å². The lowest BCUT2D eigenvalue weighted by Crippen LogP contribution is -2.27. The molecule has 5 nitrogen and oxygen atoms in total. The Labute approximate surface area is 108 Å². The lowest BCUT2D eigenvalue weighted by Gasteiger charge is -2.14. The van der Waals surface area contributed by atoms with Crippen LogP contribution in [0.3, 0.4) is 0 Å². The number of sulfonamides is 1. The molecule has 0 aromatic heterocycles. The summed E-state index contributed by atoms with van der Waals surface area (Å²) < 4.78 is 27.2. The van der Waals surface area contributed by atoms with Gasteiger partial charge in [-0.25, -0.2) is 13.6 Å². The number of nitrogens with two attached hydrogens (primary N) is 1. The zero-order valence-electron chi connectivity index (χ0n) is 10.7. The number of nitrogens with one attached hydrogen (secondary N) is 1. The van der Waals surface area contributed by atoms with Gasteiger partial charge in [0.15, 0.2) is 0 Å². The molecule has 6 heteroatoms. The molecular formula is C12H20N2O3S. The first-order valence-electron chi connectivity index (χ1n) is 5.84. The smallest absolute Gasteiger partial charge is 0.210 e. The summed E-state index contributed by atoms with van der Waals surface area (Å²) in [5.41, 5.74) is 1.00. The van der Waals surface area contributed by atoms with Crippen LogP contribution in [-0.2, 0) is 16.6 Å². The van der Waals surface area contributed by atoms with Crippen molar-refractivity contribution in [2.75, 3.05) is 12.3 Å². The van der Waals surface area contributed by atoms with Gasteiger partial charge in [0, 0.05) is 18.7 Å². The van der Waals surface area contributed by atoms with Gasteiger partial charge in [-0.05, 0) is 19.9 Å². The Kier molecular flexibility index (Phi) is 5.58. The largest absolute Gasteiger partial charge is 0.491 e. The molecule has 3 N–H and O–H groups in total. The predicted molar refractivity (Wildman–Crippen MR) is 71.9 cm³/mol. The highest BCUT2D eigenvalue weighted by molar-refractivity contribution is 7.89. The summed E-state index contributed by atoms with van der Waals surface area (Å²) >= 11 is 0. The van der Waals surface area contributed by atoms with Gasteiger partial charge in [-0.2, -0.15) is 0 Å². The van der Waals surface area contributed by atoms with Crippen LogP contribution in [0.15, 0.2) is 24.3 Å². The average molecular weight is 272 g/mol. The van der Waals surface area contributed by atoms with Gasteiger partial charge in [-0.15, -0.1) is 0 Å². The summed E-state index contributed by atoms with van der Waals surface area (Å²) in [4.78, 5) is 0. The Morgan fingerprint density at radius 1 is 1.33 bits per heavy atom. The predicted octanol–water partition coefficient (Wildman–Crippen LogP) is 0.852. The first-order chi connectivity index (χ1) is 8.38. The van der Waals surface area contributed by atoms with Gasteiger partial charge in [0.05, 0.1) is 11.9 Å². The van der Waals surface area contributed by atoms with Crippen LogP contribution in [0.1, 0.15) is 19.4 Å². The van der Waals surface area contributed by atoms with E-state index in [0.717, 1.165) is 11.3 Å². The molecule has 0 unspecified atom stereocenters. The molecule has 0 amide bonds. The second-order valence-corrected chi connectivity index (χ2v) is 6.05. The third kappa shape index (κ3) is 6.00. The number of hydrogen-bond acceptors (Lipinski definition) is 4. The number of hydrogen-bond donors (Lipinski definition) is 2. The van der Waals surface area contributed by atoms with Gasteiger partial charge >= 0.3 is 0 Å². The molecule has 0 aliphatic heterocycles. The molecule has 1 aromatic carbocycles. The van der Waals surface area contributed by atoms with Crippen molar-refractivity contribution >= 4 is 10.0 Å². The molecule has 0 saturated heterocycles. The van der Waals surface area contributed by atoms with Gasteiger partial charge in [-0.1, -0.05) is 18.2 Å². The van der Waals surface area contributed by atoms with E-state index in [4.69, 9.17) is 9.88 Å². The van der Waals surface area contributed by atoms with E-state index in [1.165, 1.54) is 0 Å². The van der Waals surface area contributed by atoms with Crippen molar-refractivity contribution in [2.45, 2.75) is 26.5 Å². The minimum atomic E-state index is -3.40. The standard InChI is InChI=1S/C12H20N2O3S/c1-10(2)17-12-6-4-3-5-11(12)9-14-7-8-18(13,15)16/h3-6,10,14H,7-9H2,1-2H3,(H2,13,15,16). The van der Waals surface area contributed by atoms with Crippen LogP contribution in [0.5, 0.6) is 5.75 Å². The van der Waals surface area contributed by atoms with Crippen LogP contribution in [-0.4, -0.2) is 26.8 Å². The van der Waals surface area contributed by atoms with Gasteiger partial charge in [0.2, 0.25) is 10.0 Å². The third-order valence-corrected chi connectivity index (χ3v) is 2.99. The third-order valence-electron chi connectivity index (χ3n) is 2.21. The molecule has 18 heavy (non-hydrogen) atoms. The summed E-state index contributed by atoms with van der Waals surface area (Å²) in [5, 5.41) is 7.95. The number of rotatable bonds is 7. The molecular weight excluding hydrogens is 252 g/mol. The molecule has 0 aliphatic carbocycles. The maximum absolute atomic E-state index is 10.8. The molecule has 0 atom stereocenters. The van der Waals surface area contributed by atoms with Crippen LogP contribution in [0.4, 0.5) is 0 Å². The minimum absolute atomic E-state index is 0.0692. The molecule has 0 bridgehead atoms. The lowest BCUT2D eigenvalue weighted by molar-refractivity contribution is 0.239. The second kappa shape index (κ2) is 6.72. The maximum atomic E-state index is 10.8. The highest BCUT2D eigenvalue weighted by Gasteiger charge is 2.05. The van der Waals surface area contributed by atoms with Crippen molar-refractivity contribution in [3.8, 4) is 5.75 Å². The summed E-state index contributed by atoms with van der Waals surface area (Å²) in [7, 11) is -3.40. The number of benzene rings is 1. The van der Waals surface area contributed by atoms with E-state index in [-0.39, 0.29) is 11.9 Å². The van der Waals surface area contributed by atoms with Crippen molar-refractivity contribution in [1.82, 2.24) is 5.32 Å². The quantitative estimate of drug-likeness (QED) is 0.721. The maximum Gasteiger partial charge on any atom is 0.210 e. The van der Waals surface area contributed by atoms with E-state index >= 15 is 0 Å². The molecule has 102 valence electrons. The molecule has 0 fully saturated rings. The van der Waals surface area contributed by atoms with Crippen LogP contribution >= 0.6 is 0 Å². The molecule has 1 rings (SSSR count). The van der Waals surface area contributed by atoms with Gasteiger partial charge in [-0.3, -0.25) is 0 Å². The fourth-order valence-electron chi connectivity index (χ4n) is 1.46. The van der Waals surface area contributed by atoms with Gasteiger partial charge < -0.3 is 10.1 Å². The number of primary sulfonamides is 1. The molecule has 0 saturated carbocycles. The topological polar surface area (TPSA) is 81.4 Å². The SMILES string of the molecule is CC(C)Oc1ccccc1CNCCS(N)(=O)=O. The van der Waals surface area contributed by atoms with E-state index in [2.05, 4.69) is 5.32 Å². The van der Waals surface area contributed by atoms with Gasteiger partial charge in [0.25, 0.3) is 0 Å². The highest BCUT2D eigenvalue weighted by atomic mass is 32.2. The number of ether oxygens (including phenoxy) is 1. The summed E-state index contributed by atoms with van der Waals surface area (Å²) in [6.45, 7) is 4.81. The fraction of sp³-hybridized carbons (Fsp3) is 0.500. The van der Waals surface area contributed by atoms with Crippen molar-refractivity contribution in [3.05, 3.63) is 29.8 Å².